The Morgan fingerprint density at radius 1 is 0.394 bits per heavy atom. The topological polar surface area (TPSA) is 307 Å². The van der Waals surface area contributed by atoms with Crippen molar-refractivity contribution in [2.45, 2.75) is 356 Å². The third kappa shape index (κ3) is 36.7. The number of aliphatic hydroxyl groups excluding tert-OH is 11. The van der Waals surface area contributed by atoms with Crippen LogP contribution in [-0.2, 0) is 33.2 Å². The molecule has 19 nitrogen and oxygen atoms in total. The van der Waals surface area contributed by atoms with Gasteiger partial charge in [-0.2, -0.15) is 0 Å². The average molecular weight is 1330 g/mol. The molecule has 3 rings (SSSR count). The largest absolute Gasteiger partial charge is 0.394 e. The molecule has 17 atom stereocenters. The van der Waals surface area contributed by atoms with Crippen molar-refractivity contribution in [2.75, 3.05) is 26.4 Å². The Bertz CT molecular complexity index is 2030. The number of carbonyl (C=O) groups excluding carboxylic acids is 1. The molecule has 17 unspecified atom stereocenters. The maximum absolute atomic E-state index is 13.4. The van der Waals surface area contributed by atoms with Crippen molar-refractivity contribution in [3.8, 4) is 0 Å². The first-order valence-electron chi connectivity index (χ1n) is 36.8. The highest BCUT2D eigenvalue weighted by Gasteiger charge is 2.53. The molecule has 0 aromatic rings. The van der Waals surface area contributed by atoms with Crippen LogP contribution in [0.3, 0.4) is 0 Å². The van der Waals surface area contributed by atoms with Crippen LogP contribution in [-0.4, -0.2) is 193 Å². The summed E-state index contributed by atoms with van der Waals surface area (Å²) in [6.45, 7) is 1.61. The zero-order valence-corrected chi connectivity index (χ0v) is 57.7. The first-order chi connectivity index (χ1) is 45.8. The average Bonchev–Trinajstić information content (AvgIpc) is 0.787. The predicted octanol–water partition coefficient (Wildman–Crippen LogP) is 10.7. The van der Waals surface area contributed by atoms with Crippen LogP contribution in [0, 0.1) is 0 Å². The van der Waals surface area contributed by atoms with Crippen molar-refractivity contribution in [2.24, 2.45) is 0 Å². The third-order valence-electron chi connectivity index (χ3n) is 17.9. The molecule has 94 heavy (non-hydrogen) atoms. The number of allylic oxidation sites excluding steroid dienone is 13. The molecule has 12 N–H and O–H groups in total. The summed E-state index contributed by atoms with van der Waals surface area (Å²) in [7, 11) is 0. The van der Waals surface area contributed by atoms with Gasteiger partial charge in [0.25, 0.3) is 0 Å². The summed E-state index contributed by atoms with van der Waals surface area (Å²) in [6.07, 6.45) is 45.5. The SMILES string of the molecule is CC/C=C\C/C=C\C/C=C\C/C=C\C/C=C\C/C=C\CCCCCCC(=O)NC(COC1OC(CO)C(OC2OC(CO)C(OC3OC(CO)C(O)C(O)C3O)C(O)C2O)C(O)C1O)C(O)/C=C/CCCCCCCCCCCCCCCCCCCCCCCCCC. The number of hydrogen-bond acceptors (Lipinski definition) is 18. The molecule has 3 saturated heterocycles. The van der Waals surface area contributed by atoms with Crippen LogP contribution in [0.1, 0.15) is 251 Å². The monoisotopic (exact) mass is 1330 g/mol. The van der Waals surface area contributed by atoms with Gasteiger partial charge in [0.1, 0.15) is 73.2 Å². The smallest absolute Gasteiger partial charge is 0.220 e. The summed E-state index contributed by atoms with van der Waals surface area (Å²) >= 11 is 0. The molecule has 3 heterocycles. The van der Waals surface area contributed by atoms with E-state index in [4.69, 9.17) is 28.4 Å². The van der Waals surface area contributed by atoms with Crippen molar-refractivity contribution in [1.29, 1.82) is 0 Å². The Balaban J connectivity index is 1.44. The Labute approximate surface area is 565 Å². The van der Waals surface area contributed by atoms with E-state index in [-0.39, 0.29) is 18.9 Å². The van der Waals surface area contributed by atoms with Crippen molar-refractivity contribution in [1.82, 2.24) is 5.32 Å². The standard InChI is InChI=1S/C75H131NO18/c1-3-5-7-9-11-13-15-17-19-21-23-25-27-28-29-31-32-34-36-38-40-42-44-46-48-50-52-59(80)58(76-63(81)53-51-49-47-45-43-41-39-37-35-33-30-26-24-22-20-18-16-14-12-10-8-6-4-2)57-89-73-69(87)66(84)71(61(55-78)91-73)94-75-70(88)67(85)72(62(56-79)92-75)93-74-68(86)65(83)64(82)60(54-77)90-74/h6,8,12,14,18,20,24,26,33,35,39,41,50,52,58-62,64-75,77-80,82-88H,3-5,7,9-11,13,15-17,19,21-23,25,27-32,34,36-38,40,42-49,51,53-57H2,1-2H3,(H,76,81)/b8-6-,14-12-,20-18-,26-24-,35-33-,41-39-,52-50+. The zero-order chi connectivity index (χ0) is 68.2. The molecule has 0 radical (unpaired) electrons. The summed E-state index contributed by atoms with van der Waals surface area (Å²) in [6, 6.07) is -0.994. The minimum absolute atomic E-state index is 0.209. The summed E-state index contributed by atoms with van der Waals surface area (Å²) in [5.74, 6) is -0.301. The molecular formula is C75H131NO18. The van der Waals surface area contributed by atoms with Gasteiger partial charge in [0.05, 0.1) is 38.6 Å². The van der Waals surface area contributed by atoms with Crippen molar-refractivity contribution in [3.63, 3.8) is 0 Å². The van der Waals surface area contributed by atoms with Crippen LogP contribution in [0.5, 0.6) is 0 Å². The van der Waals surface area contributed by atoms with Gasteiger partial charge in [-0.25, -0.2) is 0 Å². The van der Waals surface area contributed by atoms with Gasteiger partial charge in [-0.1, -0.05) is 259 Å². The number of carbonyl (C=O) groups is 1. The second-order valence-corrected chi connectivity index (χ2v) is 26.0. The van der Waals surface area contributed by atoms with Gasteiger partial charge in [-0.3, -0.25) is 4.79 Å². The van der Waals surface area contributed by atoms with E-state index in [1.165, 1.54) is 135 Å². The van der Waals surface area contributed by atoms with Gasteiger partial charge in [0.2, 0.25) is 5.91 Å². The lowest BCUT2D eigenvalue weighted by Crippen LogP contribution is -2.66. The van der Waals surface area contributed by atoms with Crippen molar-refractivity contribution < 1.29 is 89.4 Å². The first kappa shape index (κ1) is 85.2. The molecule has 3 fully saturated rings. The number of unbranched alkanes of at least 4 members (excludes halogenated alkanes) is 28. The van der Waals surface area contributed by atoms with Crippen LogP contribution >= 0.6 is 0 Å². The Kier molecular flexibility index (Phi) is 50.6. The van der Waals surface area contributed by atoms with E-state index >= 15 is 0 Å². The molecule has 0 aliphatic carbocycles. The normalized spacial score (nSPS) is 27.9. The lowest BCUT2D eigenvalue weighted by Gasteiger charge is -2.48. The van der Waals surface area contributed by atoms with E-state index in [1.807, 2.05) is 6.08 Å². The van der Waals surface area contributed by atoms with Crippen LogP contribution in [0.15, 0.2) is 85.1 Å². The minimum Gasteiger partial charge on any atom is -0.394 e. The second-order valence-electron chi connectivity index (χ2n) is 26.0. The molecule has 3 aliphatic rings. The number of rotatable bonds is 56. The highest BCUT2D eigenvalue weighted by Crippen LogP contribution is 2.33. The lowest BCUT2D eigenvalue weighted by atomic mass is 9.96. The van der Waals surface area contributed by atoms with Crippen LogP contribution < -0.4 is 5.32 Å². The number of aliphatic hydroxyl groups is 11. The molecule has 0 bridgehead atoms. The second kappa shape index (κ2) is 55.8. The van der Waals surface area contributed by atoms with Gasteiger partial charge in [0, 0.05) is 6.42 Å². The number of nitrogens with one attached hydrogen (secondary N) is 1. The molecule has 0 aromatic carbocycles. The van der Waals surface area contributed by atoms with Gasteiger partial charge in [-0.05, 0) is 70.6 Å². The molecule has 0 aromatic heterocycles. The van der Waals surface area contributed by atoms with Crippen LogP contribution in [0.2, 0.25) is 0 Å². The molecule has 19 heteroatoms. The fourth-order valence-corrected chi connectivity index (χ4v) is 12.0. The molecule has 3 aliphatic heterocycles. The highest BCUT2D eigenvalue weighted by molar-refractivity contribution is 5.76. The minimum atomic E-state index is -1.99. The van der Waals surface area contributed by atoms with Gasteiger partial charge in [-0.15, -0.1) is 0 Å². The van der Waals surface area contributed by atoms with E-state index in [2.05, 4.69) is 92.1 Å². The van der Waals surface area contributed by atoms with Gasteiger partial charge in [0.15, 0.2) is 18.9 Å². The molecule has 1 amide bonds. The van der Waals surface area contributed by atoms with Crippen molar-refractivity contribution in [3.05, 3.63) is 85.1 Å². The summed E-state index contributed by atoms with van der Waals surface area (Å²) in [5.41, 5.74) is 0. The summed E-state index contributed by atoms with van der Waals surface area (Å²) < 4.78 is 34.4. The van der Waals surface area contributed by atoms with Crippen LogP contribution in [0.4, 0.5) is 0 Å². The van der Waals surface area contributed by atoms with E-state index < -0.39 is 124 Å². The lowest BCUT2D eigenvalue weighted by molar-refractivity contribution is -0.379. The quantitative estimate of drug-likeness (QED) is 0.0199. The predicted molar refractivity (Wildman–Crippen MR) is 369 cm³/mol. The van der Waals surface area contributed by atoms with Gasteiger partial charge >= 0.3 is 0 Å². The van der Waals surface area contributed by atoms with Crippen molar-refractivity contribution >= 4 is 5.91 Å². The molecular weight excluding hydrogens is 1200 g/mol. The molecule has 0 saturated carbocycles. The van der Waals surface area contributed by atoms with E-state index in [9.17, 15) is 61.0 Å². The first-order valence-corrected chi connectivity index (χ1v) is 36.8. The molecule has 0 spiro atoms. The Morgan fingerprint density at radius 3 is 1.15 bits per heavy atom. The van der Waals surface area contributed by atoms with Crippen LogP contribution in [0.25, 0.3) is 0 Å². The Morgan fingerprint density at radius 2 is 0.734 bits per heavy atom. The highest BCUT2D eigenvalue weighted by atomic mass is 16.8. The maximum atomic E-state index is 13.4. The maximum Gasteiger partial charge on any atom is 0.220 e. The summed E-state index contributed by atoms with van der Waals surface area (Å²) in [4.78, 5) is 13.4. The van der Waals surface area contributed by atoms with E-state index in [0.717, 1.165) is 89.9 Å². The Hall–Kier alpha value is -3.03. The van der Waals surface area contributed by atoms with E-state index in [0.29, 0.717) is 6.42 Å². The molecule has 544 valence electrons. The fraction of sp³-hybridized carbons (Fsp3) is 0.800. The van der Waals surface area contributed by atoms with E-state index in [1.54, 1.807) is 6.08 Å². The number of amides is 1. The fourth-order valence-electron chi connectivity index (χ4n) is 12.0. The number of hydrogen-bond donors (Lipinski definition) is 12. The number of ether oxygens (including phenoxy) is 6. The summed E-state index contributed by atoms with van der Waals surface area (Å²) in [5, 5.41) is 121. The van der Waals surface area contributed by atoms with Gasteiger partial charge < -0.3 is 89.9 Å². The zero-order valence-electron chi connectivity index (χ0n) is 57.7. The third-order valence-corrected chi connectivity index (χ3v) is 17.9.